The number of hydroxylamine groups is 1. The number of benzene rings is 2. The van der Waals surface area contributed by atoms with Crippen molar-refractivity contribution >= 4 is 21.8 Å². The minimum Gasteiger partial charge on any atom is -0.507 e. The number of carbonyl (C=O) groups excluding carboxylic acids is 1. The second-order valence-corrected chi connectivity index (χ2v) is 4.78. The average molecular weight is 322 g/mol. The first kappa shape index (κ1) is 13.6. The average Bonchev–Trinajstić information content (AvgIpc) is 2.42. The van der Waals surface area contributed by atoms with Gasteiger partial charge in [0.15, 0.2) is 0 Å². The molecule has 0 aliphatic heterocycles. The van der Waals surface area contributed by atoms with E-state index in [-0.39, 0.29) is 17.9 Å². The maximum Gasteiger partial charge on any atom is 0.278 e. The van der Waals surface area contributed by atoms with Crippen LogP contribution in [0.2, 0.25) is 0 Å². The standard InChI is InChI=1S/C14H12BrNO3/c15-11-6-7-13(17)12(8-11)14(18)16-19-9-10-4-2-1-3-5-10/h1-8,17H,9H2,(H,16,18). The van der Waals surface area contributed by atoms with E-state index in [1.807, 2.05) is 30.3 Å². The monoisotopic (exact) mass is 321 g/mol. The summed E-state index contributed by atoms with van der Waals surface area (Å²) in [6.45, 7) is 0.265. The number of carbonyl (C=O) groups is 1. The van der Waals surface area contributed by atoms with Gasteiger partial charge in [0, 0.05) is 4.47 Å². The Balaban J connectivity index is 1.93. The molecule has 0 atom stereocenters. The lowest BCUT2D eigenvalue weighted by Gasteiger charge is -2.07. The number of nitrogens with one attached hydrogen (secondary N) is 1. The van der Waals surface area contributed by atoms with Crippen molar-refractivity contribution in [2.75, 3.05) is 0 Å². The largest absolute Gasteiger partial charge is 0.507 e. The minimum absolute atomic E-state index is 0.0935. The fourth-order valence-corrected chi connectivity index (χ4v) is 1.87. The molecule has 2 N–H and O–H groups in total. The van der Waals surface area contributed by atoms with Gasteiger partial charge in [0.2, 0.25) is 0 Å². The van der Waals surface area contributed by atoms with Gasteiger partial charge in [0.25, 0.3) is 5.91 Å². The van der Waals surface area contributed by atoms with Gasteiger partial charge < -0.3 is 5.11 Å². The van der Waals surface area contributed by atoms with Crippen molar-refractivity contribution in [3.05, 3.63) is 64.1 Å². The molecule has 0 radical (unpaired) electrons. The highest BCUT2D eigenvalue weighted by molar-refractivity contribution is 9.10. The molecule has 0 spiro atoms. The number of halogens is 1. The molecule has 2 rings (SSSR count). The maximum atomic E-state index is 11.8. The zero-order valence-electron chi connectivity index (χ0n) is 9.97. The van der Waals surface area contributed by atoms with E-state index in [0.717, 1.165) is 5.56 Å². The van der Waals surface area contributed by atoms with E-state index in [2.05, 4.69) is 21.4 Å². The molecule has 0 saturated carbocycles. The topological polar surface area (TPSA) is 58.6 Å². The van der Waals surface area contributed by atoms with E-state index < -0.39 is 5.91 Å². The van der Waals surface area contributed by atoms with Crippen LogP contribution in [0.3, 0.4) is 0 Å². The van der Waals surface area contributed by atoms with Crippen molar-refractivity contribution in [1.29, 1.82) is 0 Å². The summed E-state index contributed by atoms with van der Waals surface area (Å²) in [4.78, 5) is 16.9. The third-order valence-corrected chi connectivity index (χ3v) is 2.94. The van der Waals surface area contributed by atoms with Crippen molar-refractivity contribution in [2.24, 2.45) is 0 Å². The van der Waals surface area contributed by atoms with Gasteiger partial charge in [-0.25, -0.2) is 5.48 Å². The van der Waals surface area contributed by atoms with Gasteiger partial charge in [-0.15, -0.1) is 0 Å². The molecular formula is C14H12BrNO3. The van der Waals surface area contributed by atoms with E-state index in [0.29, 0.717) is 4.47 Å². The molecule has 19 heavy (non-hydrogen) atoms. The van der Waals surface area contributed by atoms with Crippen LogP contribution in [0.15, 0.2) is 53.0 Å². The van der Waals surface area contributed by atoms with E-state index in [1.165, 1.54) is 12.1 Å². The molecule has 5 heteroatoms. The van der Waals surface area contributed by atoms with Crippen molar-refractivity contribution < 1.29 is 14.7 Å². The fourth-order valence-electron chi connectivity index (χ4n) is 1.50. The SMILES string of the molecule is O=C(NOCc1ccccc1)c1cc(Br)ccc1O. The number of phenolic OH excluding ortho intramolecular Hbond substituents is 1. The van der Waals surface area contributed by atoms with Crippen LogP contribution in [0.5, 0.6) is 5.75 Å². The third-order valence-electron chi connectivity index (χ3n) is 2.45. The quantitative estimate of drug-likeness (QED) is 0.851. The van der Waals surface area contributed by atoms with Crippen LogP contribution in [0.4, 0.5) is 0 Å². The zero-order valence-corrected chi connectivity index (χ0v) is 11.6. The van der Waals surface area contributed by atoms with Gasteiger partial charge in [0.05, 0.1) is 12.2 Å². The van der Waals surface area contributed by atoms with Gasteiger partial charge in [-0.1, -0.05) is 46.3 Å². The maximum absolute atomic E-state index is 11.8. The summed E-state index contributed by atoms with van der Waals surface area (Å²) >= 11 is 3.24. The summed E-state index contributed by atoms with van der Waals surface area (Å²) < 4.78 is 0.707. The second-order valence-electron chi connectivity index (χ2n) is 3.87. The molecule has 98 valence electrons. The lowest BCUT2D eigenvalue weighted by Crippen LogP contribution is -2.23. The normalized spacial score (nSPS) is 10.2. The Kier molecular flexibility index (Phi) is 4.54. The van der Waals surface area contributed by atoms with Crippen LogP contribution in [0.25, 0.3) is 0 Å². The van der Waals surface area contributed by atoms with Crippen molar-refractivity contribution in [3.8, 4) is 5.75 Å². The number of phenols is 1. The first-order valence-electron chi connectivity index (χ1n) is 5.61. The summed E-state index contributed by atoms with van der Waals surface area (Å²) in [5.41, 5.74) is 3.40. The lowest BCUT2D eigenvalue weighted by molar-refractivity contribution is 0.0231. The molecule has 0 aliphatic carbocycles. The molecule has 0 aliphatic rings. The highest BCUT2D eigenvalue weighted by atomic mass is 79.9. The van der Waals surface area contributed by atoms with Crippen LogP contribution >= 0.6 is 15.9 Å². The predicted molar refractivity (Wildman–Crippen MR) is 74.5 cm³/mol. The Morgan fingerprint density at radius 1 is 1.21 bits per heavy atom. The number of aromatic hydroxyl groups is 1. The van der Waals surface area contributed by atoms with E-state index in [1.54, 1.807) is 6.07 Å². The predicted octanol–water partition coefficient (Wildman–Crippen LogP) is 3.02. The lowest BCUT2D eigenvalue weighted by atomic mass is 10.2. The smallest absolute Gasteiger partial charge is 0.278 e. The van der Waals surface area contributed by atoms with E-state index in [4.69, 9.17) is 4.84 Å². The molecular weight excluding hydrogens is 310 g/mol. The number of hydrogen-bond acceptors (Lipinski definition) is 3. The molecule has 0 heterocycles. The minimum atomic E-state index is -0.491. The molecule has 2 aromatic rings. The van der Waals surface area contributed by atoms with Gasteiger partial charge in [-0.05, 0) is 23.8 Å². The van der Waals surface area contributed by atoms with Crippen molar-refractivity contribution in [2.45, 2.75) is 6.61 Å². The summed E-state index contributed by atoms with van der Waals surface area (Å²) in [5.74, 6) is -0.584. The third kappa shape index (κ3) is 3.81. The van der Waals surface area contributed by atoms with E-state index >= 15 is 0 Å². The molecule has 0 aromatic heterocycles. The van der Waals surface area contributed by atoms with Crippen molar-refractivity contribution in [1.82, 2.24) is 5.48 Å². The summed E-state index contributed by atoms with van der Waals surface area (Å²) in [6, 6.07) is 14.1. The van der Waals surface area contributed by atoms with Gasteiger partial charge in [-0.3, -0.25) is 9.63 Å². The number of rotatable bonds is 4. The molecule has 0 bridgehead atoms. The van der Waals surface area contributed by atoms with Gasteiger partial charge >= 0.3 is 0 Å². The first-order valence-corrected chi connectivity index (χ1v) is 6.40. The molecule has 2 aromatic carbocycles. The fraction of sp³-hybridized carbons (Fsp3) is 0.0714. The molecule has 0 saturated heterocycles. The highest BCUT2D eigenvalue weighted by Crippen LogP contribution is 2.21. The summed E-state index contributed by atoms with van der Waals surface area (Å²) in [5, 5.41) is 9.58. The number of hydrogen-bond donors (Lipinski definition) is 2. The summed E-state index contributed by atoms with van der Waals surface area (Å²) in [6.07, 6.45) is 0. The zero-order chi connectivity index (χ0) is 13.7. The first-order chi connectivity index (χ1) is 9.16. The highest BCUT2D eigenvalue weighted by Gasteiger charge is 2.11. The Hall–Kier alpha value is -1.85. The Bertz CT molecular complexity index is 572. The van der Waals surface area contributed by atoms with Gasteiger partial charge in [-0.2, -0.15) is 0 Å². The van der Waals surface area contributed by atoms with Crippen molar-refractivity contribution in [3.63, 3.8) is 0 Å². The Labute approximate surface area is 119 Å². The van der Waals surface area contributed by atoms with Crippen LogP contribution in [0, 0.1) is 0 Å². The number of amides is 1. The van der Waals surface area contributed by atoms with Crippen LogP contribution in [-0.4, -0.2) is 11.0 Å². The van der Waals surface area contributed by atoms with Crippen LogP contribution in [0.1, 0.15) is 15.9 Å². The Morgan fingerprint density at radius 3 is 2.68 bits per heavy atom. The molecule has 0 fully saturated rings. The molecule has 1 amide bonds. The van der Waals surface area contributed by atoms with Gasteiger partial charge in [0.1, 0.15) is 5.75 Å². The Morgan fingerprint density at radius 2 is 1.95 bits per heavy atom. The van der Waals surface area contributed by atoms with Crippen LogP contribution in [-0.2, 0) is 11.4 Å². The van der Waals surface area contributed by atoms with Crippen LogP contribution < -0.4 is 5.48 Å². The van der Waals surface area contributed by atoms with E-state index in [9.17, 15) is 9.90 Å². The molecule has 4 nitrogen and oxygen atoms in total. The molecule has 0 unspecified atom stereocenters. The second kappa shape index (κ2) is 6.36. The summed E-state index contributed by atoms with van der Waals surface area (Å²) in [7, 11) is 0.